The van der Waals surface area contributed by atoms with Gasteiger partial charge in [-0.3, -0.25) is 4.79 Å². The highest BCUT2D eigenvalue weighted by Crippen LogP contribution is 2.25. The Morgan fingerprint density at radius 3 is 2.50 bits per heavy atom. The highest BCUT2D eigenvalue weighted by Gasteiger charge is 2.23. The summed E-state index contributed by atoms with van der Waals surface area (Å²) in [5.74, 6) is 1.49. The van der Waals surface area contributed by atoms with E-state index in [-0.39, 0.29) is 12.4 Å². The molecule has 1 N–H and O–H groups in total. The molecule has 1 saturated heterocycles. The molecule has 124 valence electrons. The molecule has 1 unspecified atom stereocenters. The van der Waals surface area contributed by atoms with Gasteiger partial charge in [0.2, 0.25) is 5.91 Å². The third kappa shape index (κ3) is 5.62. The lowest BCUT2D eigenvalue weighted by molar-refractivity contribution is -0.133. The van der Waals surface area contributed by atoms with Crippen LogP contribution in [0.15, 0.2) is 30.3 Å². The summed E-state index contributed by atoms with van der Waals surface area (Å²) >= 11 is 0. The van der Waals surface area contributed by atoms with Crippen LogP contribution in [0.3, 0.4) is 0 Å². The molecule has 1 aromatic carbocycles. The van der Waals surface area contributed by atoms with Gasteiger partial charge >= 0.3 is 0 Å². The van der Waals surface area contributed by atoms with Crippen molar-refractivity contribution in [1.82, 2.24) is 10.2 Å². The lowest BCUT2D eigenvalue weighted by Crippen LogP contribution is -2.35. The lowest BCUT2D eigenvalue weighted by Gasteiger charge is -2.30. The smallest absolute Gasteiger partial charge is 0.223 e. The van der Waals surface area contributed by atoms with Gasteiger partial charge in [-0.1, -0.05) is 37.3 Å². The molecule has 1 amide bonds. The fourth-order valence-electron chi connectivity index (χ4n) is 3.16. The standard InChI is InChI=1S/C18H28N2O.ClH/c1-3-20(14-16-7-5-4-6-8-16)18(21)13-15(2)17-9-11-19-12-10-17;/h4-8,15,17,19H,3,9-14H2,1-2H3;1H. The van der Waals surface area contributed by atoms with Crippen molar-refractivity contribution < 1.29 is 4.79 Å². The third-order valence-corrected chi connectivity index (χ3v) is 4.64. The van der Waals surface area contributed by atoms with Crippen molar-refractivity contribution in [1.29, 1.82) is 0 Å². The van der Waals surface area contributed by atoms with Gasteiger partial charge in [-0.05, 0) is 50.3 Å². The van der Waals surface area contributed by atoms with Gasteiger partial charge in [0.15, 0.2) is 0 Å². The Labute approximate surface area is 140 Å². The molecule has 1 fully saturated rings. The molecule has 1 aromatic rings. The number of hydrogen-bond donors (Lipinski definition) is 1. The van der Waals surface area contributed by atoms with E-state index in [1.54, 1.807) is 0 Å². The van der Waals surface area contributed by atoms with Crippen molar-refractivity contribution in [2.24, 2.45) is 11.8 Å². The maximum atomic E-state index is 12.5. The zero-order chi connectivity index (χ0) is 15.1. The van der Waals surface area contributed by atoms with Crippen LogP contribution < -0.4 is 5.32 Å². The number of halogens is 1. The molecule has 0 radical (unpaired) electrons. The van der Waals surface area contributed by atoms with E-state index in [2.05, 4.69) is 31.3 Å². The van der Waals surface area contributed by atoms with Crippen molar-refractivity contribution in [2.75, 3.05) is 19.6 Å². The number of benzene rings is 1. The average Bonchev–Trinajstić information content (AvgIpc) is 2.54. The van der Waals surface area contributed by atoms with Crippen LogP contribution >= 0.6 is 12.4 Å². The summed E-state index contributed by atoms with van der Waals surface area (Å²) in [5.41, 5.74) is 1.21. The monoisotopic (exact) mass is 324 g/mol. The summed E-state index contributed by atoms with van der Waals surface area (Å²) < 4.78 is 0. The zero-order valence-corrected chi connectivity index (χ0v) is 14.6. The first kappa shape index (κ1) is 19.0. The van der Waals surface area contributed by atoms with Crippen LogP contribution in [0.1, 0.15) is 38.7 Å². The Morgan fingerprint density at radius 2 is 1.91 bits per heavy atom. The number of carbonyl (C=O) groups excluding carboxylic acids is 1. The second-order valence-electron chi connectivity index (χ2n) is 6.16. The van der Waals surface area contributed by atoms with Gasteiger partial charge in [-0.15, -0.1) is 12.4 Å². The number of carbonyl (C=O) groups is 1. The quantitative estimate of drug-likeness (QED) is 0.868. The molecule has 3 nitrogen and oxygen atoms in total. The van der Waals surface area contributed by atoms with E-state index >= 15 is 0 Å². The Morgan fingerprint density at radius 1 is 1.27 bits per heavy atom. The topological polar surface area (TPSA) is 32.3 Å². The number of rotatable bonds is 6. The number of nitrogens with zero attached hydrogens (tertiary/aromatic N) is 1. The van der Waals surface area contributed by atoms with E-state index in [9.17, 15) is 4.79 Å². The maximum Gasteiger partial charge on any atom is 0.223 e. The first-order valence-electron chi connectivity index (χ1n) is 8.23. The number of piperidine rings is 1. The molecular weight excluding hydrogens is 296 g/mol. The SMILES string of the molecule is CCN(Cc1ccccc1)C(=O)CC(C)C1CCNCC1.Cl. The molecule has 1 aliphatic heterocycles. The molecule has 4 heteroatoms. The van der Waals surface area contributed by atoms with Crippen molar-refractivity contribution >= 4 is 18.3 Å². The minimum absolute atomic E-state index is 0. The average molecular weight is 325 g/mol. The summed E-state index contributed by atoms with van der Waals surface area (Å²) in [6, 6.07) is 10.3. The van der Waals surface area contributed by atoms with E-state index in [4.69, 9.17) is 0 Å². The Balaban J connectivity index is 0.00000242. The maximum absolute atomic E-state index is 12.5. The van der Waals surface area contributed by atoms with Crippen LogP contribution in [0.5, 0.6) is 0 Å². The highest BCUT2D eigenvalue weighted by atomic mass is 35.5. The first-order chi connectivity index (χ1) is 10.2. The molecule has 0 spiro atoms. The number of hydrogen-bond acceptors (Lipinski definition) is 2. The van der Waals surface area contributed by atoms with Gasteiger partial charge in [-0.25, -0.2) is 0 Å². The van der Waals surface area contributed by atoms with Crippen LogP contribution in [0.25, 0.3) is 0 Å². The molecule has 0 bridgehead atoms. The minimum atomic E-state index is 0. The van der Waals surface area contributed by atoms with Crippen molar-refractivity contribution in [3.8, 4) is 0 Å². The van der Waals surface area contributed by atoms with Crippen molar-refractivity contribution in [3.63, 3.8) is 0 Å². The Bertz CT molecular complexity index is 432. The molecule has 0 aliphatic carbocycles. The molecule has 1 heterocycles. The molecule has 1 atom stereocenters. The summed E-state index contributed by atoms with van der Waals surface area (Å²) in [6.45, 7) is 8.03. The van der Waals surface area contributed by atoms with E-state index in [0.29, 0.717) is 24.2 Å². The van der Waals surface area contributed by atoms with Crippen LogP contribution in [0.2, 0.25) is 0 Å². The predicted octanol–water partition coefficient (Wildman–Crippen LogP) is 3.48. The number of nitrogens with one attached hydrogen (secondary N) is 1. The molecule has 0 aromatic heterocycles. The van der Waals surface area contributed by atoms with Crippen molar-refractivity contribution in [3.05, 3.63) is 35.9 Å². The van der Waals surface area contributed by atoms with Crippen molar-refractivity contribution in [2.45, 2.75) is 39.7 Å². The van der Waals surface area contributed by atoms with E-state index in [1.165, 1.54) is 18.4 Å². The molecule has 1 aliphatic rings. The Kier molecular flexibility index (Phi) is 8.51. The summed E-state index contributed by atoms with van der Waals surface area (Å²) in [4.78, 5) is 14.5. The van der Waals surface area contributed by atoms with Crippen LogP contribution in [-0.2, 0) is 11.3 Å². The summed E-state index contributed by atoms with van der Waals surface area (Å²) in [7, 11) is 0. The van der Waals surface area contributed by atoms with Gasteiger partial charge in [0.25, 0.3) is 0 Å². The molecule has 22 heavy (non-hydrogen) atoms. The normalized spacial score (nSPS) is 16.6. The largest absolute Gasteiger partial charge is 0.339 e. The van der Waals surface area contributed by atoms with E-state index in [0.717, 1.165) is 26.2 Å². The lowest BCUT2D eigenvalue weighted by atomic mass is 9.84. The fraction of sp³-hybridized carbons (Fsp3) is 0.611. The van der Waals surface area contributed by atoms with Gasteiger partial charge in [0, 0.05) is 19.5 Å². The second kappa shape index (κ2) is 9.86. The minimum Gasteiger partial charge on any atom is -0.339 e. The van der Waals surface area contributed by atoms with Crippen LogP contribution in [-0.4, -0.2) is 30.4 Å². The van der Waals surface area contributed by atoms with E-state index < -0.39 is 0 Å². The van der Waals surface area contributed by atoms with Gasteiger partial charge in [-0.2, -0.15) is 0 Å². The molecular formula is C18H29ClN2O. The van der Waals surface area contributed by atoms with Gasteiger partial charge in [0.05, 0.1) is 0 Å². The Hall–Kier alpha value is -1.06. The summed E-state index contributed by atoms with van der Waals surface area (Å²) in [5, 5.41) is 3.39. The predicted molar refractivity (Wildman–Crippen MR) is 94.2 cm³/mol. The van der Waals surface area contributed by atoms with E-state index in [1.807, 2.05) is 23.1 Å². The van der Waals surface area contributed by atoms with Gasteiger partial charge in [0.1, 0.15) is 0 Å². The summed E-state index contributed by atoms with van der Waals surface area (Å²) in [6.07, 6.45) is 3.10. The first-order valence-corrected chi connectivity index (χ1v) is 8.23. The van der Waals surface area contributed by atoms with Gasteiger partial charge < -0.3 is 10.2 Å². The highest BCUT2D eigenvalue weighted by molar-refractivity contribution is 5.85. The second-order valence-corrected chi connectivity index (χ2v) is 6.16. The third-order valence-electron chi connectivity index (χ3n) is 4.64. The van der Waals surface area contributed by atoms with Crippen LogP contribution in [0.4, 0.5) is 0 Å². The zero-order valence-electron chi connectivity index (χ0n) is 13.8. The van der Waals surface area contributed by atoms with Crippen LogP contribution in [0, 0.1) is 11.8 Å². The molecule has 2 rings (SSSR count). The molecule has 0 saturated carbocycles. The fourth-order valence-corrected chi connectivity index (χ4v) is 3.16. The number of amides is 1.